The molecular formula is C20H22FNO2. The van der Waals surface area contributed by atoms with E-state index in [9.17, 15) is 9.18 Å². The number of amides is 1. The molecule has 3 rings (SSSR count). The average molecular weight is 327 g/mol. The van der Waals surface area contributed by atoms with Gasteiger partial charge in [-0.25, -0.2) is 4.39 Å². The van der Waals surface area contributed by atoms with Gasteiger partial charge in [0, 0.05) is 18.7 Å². The number of benzene rings is 2. The van der Waals surface area contributed by atoms with E-state index in [1.165, 1.54) is 35.4 Å². The van der Waals surface area contributed by atoms with E-state index in [0.29, 0.717) is 18.7 Å². The quantitative estimate of drug-likeness (QED) is 0.851. The summed E-state index contributed by atoms with van der Waals surface area (Å²) in [6.07, 6.45) is 1.92. The Hall–Kier alpha value is -2.20. The summed E-state index contributed by atoms with van der Waals surface area (Å²) in [4.78, 5) is 14.3. The molecule has 1 saturated heterocycles. The highest BCUT2D eigenvalue weighted by Gasteiger charge is 2.25. The number of carbonyl (C=O) groups is 1. The van der Waals surface area contributed by atoms with Gasteiger partial charge in [-0.1, -0.05) is 24.3 Å². The van der Waals surface area contributed by atoms with E-state index in [-0.39, 0.29) is 17.8 Å². The van der Waals surface area contributed by atoms with Gasteiger partial charge >= 0.3 is 0 Å². The summed E-state index contributed by atoms with van der Waals surface area (Å²) in [5, 5.41) is 0. The van der Waals surface area contributed by atoms with Crippen molar-refractivity contribution in [2.45, 2.75) is 32.5 Å². The number of hydrogen-bond donors (Lipinski definition) is 0. The molecule has 0 radical (unpaired) electrons. The van der Waals surface area contributed by atoms with Crippen molar-refractivity contribution < 1.29 is 13.9 Å². The summed E-state index contributed by atoms with van der Waals surface area (Å²) in [7, 11) is 0. The molecule has 1 aliphatic heterocycles. The number of ether oxygens (including phenoxy) is 1. The maximum atomic E-state index is 13.0. The molecule has 1 heterocycles. The molecule has 1 fully saturated rings. The number of nitrogens with zero attached hydrogens (tertiary/aromatic N) is 1. The second kappa shape index (κ2) is 7.58. The molecule has 0 bridgehead atoms. The van der Waals surface area contributed by atoms with E-state index in [1.807, 2.05) is 12.1 Å². The summed E-state index contributed by atoms with van der Waals surface area (Å²) in [6.45, 7) is 3.95. The van der Waals surface area contributed by atoms with Gasteiger partial charge in [0.05, 0.1) is 12.7 Å². The summed E-state index contributed by atoms with van der Waals surface area (Å²) < 4.78 is 19.0. The van der Waals surface area contributed by atoms with Crippen LogP contribution in [-0.4, -0.2) is 30.0 Å². The van der Waals surface area contributed by atoms with Crippen molar-refractivity contribution >= 4 is 5.91 Å². The van der Waals surface area contributed by atoms with Gasteiger partial charge in [-0.2, -0.15) is 0 Å². The van der Waals surface area contributed by atoms with E-state index < -0.39 is 0 Å². The van der Waals surface area contributed by atoms with Crippen LogP contribution < -0.4 is 0 Å². The first-order valence-electron chi connectivity index (χ1n) is 8.34. The van der Waals surface area contributed by atoms with Crippen molar-refractivity contribution in [3.63, 3.8) is 0 Å². The fourth-order valence-electron chi connectivity index (χ4n) is 3.01. The number of rotatable bonds is 4. The highest BCUT2D eigenvalue weighted by molar-refractivity contribution is 5.94. The molecule has 0 spiro atoms. The van der Waals surface area contributed by atoms with Crippen LogP contribution >= 0.6 is 0 Å². The first-order valence-corrected chi connectivity index (χ1v) is 8.34. The van der Waals surface area contributed by atoms with Crippen LogP contribution in [-0.2, 0) is 11.3 Å². The molecule has 0 aromatic heterocycles. The van der Waals surface area contributed by atoms with E-state index in [1.54, 1.807) is 4.90 Å². The number of hydrogen-bond acceptors (Lipinski definition) is 2. The van der Waals surface area contributed by atoms with Gasteiger partial charge < -0.3 is 9.64 Å². The molecule has 1 atom stereocenters. The lowest BCUT2D eigenvalue weighted by Gasteiger charge is -2.33. The van der Waals surface area contributed by atoms with Crippen LogP contribution in [0.15, 0.2) is 48.5 Å². The standard InChI is InChI=1S/C20H22FNO2/c1-15-5-2-3-6-17(15)14-24-19-7-4-12-22(13-19)20(23)16-8-10-18(21)11-9-16/h2-3,5-6,8-11,19H,4,7,12-14H2,1H3. The van der Waals surface area contributed by atoms with Crippen LogP contribution in [0, 0.1) is 12.7 Å². The molecule has 126 valence electrons. The lowest BCUT2D eigenvalue weighted by atomic mass is 10.1. The molecular weight excluding hydrogens is 305 g/mol. The maximum Gasteiger partial charge on any atom is 0.253 e. The van der Waals surface area contributed by atoms with Gasteiger partial charge in [0.2, 0.25) is 0 Å². The summed E-state index contributed by atoms with van der Waals surface area (Å²) >= 11 is 0. The number of likely N-dealkylation sites (tertiary alicyclic amines) is 1. The van der Waals surface area contributed by atoms with Crippen LogP contribution in [0.2, 0.25) is 0 Å². The topological polar surface area (TPSA) is 29.5 Å². The first kappa shape index (κ1) is 16.7. The second-order valence-corrected chi connectivity index (χ2v) is 6.26. The lowest BCUT2D eigenvalue weighted by molar-refractivity contribution is -0.00688. The van der Waals surface area contributed by atoms with E-state index >= 15 is 0 Å². The molecule has 4 heteroatoms. The fourth-order valence-corrected chi connectivity index (χ4v) is 3.01. The monoisotopic (exact) mass is 327 g/mol. The van der Waals surface area contributed by atoms with Gasteiger partial charge in [0.1, 0.15) is 5.82 Å². The summed E-state index contributed by atoms with van der Waals surface area (Å²) in [6, 6.07) is 13.9. The molecule has 1 aliphatic rings. The minimum Gasteiger partial charge on any atom is -0.372 e. The van der Waals surface area contributed by atoms with E-state index in [0.717, 1.165) is 19.4 Å². The Morgan fingerprint density at radius 1 is 1.21 bits per heavy atom. The number of aryl methyl sites for hydroxylation is 1. The predicted octanol–water partition coefficient (Wildman–Crippen LogP) is 3.96. The van der Waals surface area contributed by atoms with Gasteiger partial charge in [0.15, 0.2) is 0 Å². The Balaban J connectivity index is 1.59. The Bertz CT molecular complexity index is 699. The minimum atomic E-state index is -0.329. The van der Waals surface area contributed by atoms with Crippen LogP contribution in [0.3, 0.4) is 0 Å². The molecule has 0 saturated carbocycles. The average Bonchev–Trinajstić information content (AvgIpc) is 2.61. The Labute approximate surface area is 142 Å². The first-order chi connectivity index (χ1) is 11.6. The van der Waals surface area contributed by atoms with E-state index in [2.05, 4.69) is 19.1 Å². The smallest absolute Gasteiger partial charge is 0.253 e. The normalized spacial score (nSPS) is 17.8. The zero-order valence-electron chi connectivity index (χ0n) is 13.9. The molecule has 3 nitrogen and oxygen atoms in total. The number of halogens is 1. The second-order valence-electron chi connectivity index (χ2n) is 6.26. The highest BCUT2D eigenvalue weighted by atomic mass is 19.1. The Morgan fingerprint density at radius 3 is 2.71 bits per heavy atom. The van der Waals surface area contributed by atoms with Crippen molar-refractivity contribution in [1.29, 1.82) is 0 Å². The summed E-state index contributed by atoms with van der Waals surface area (Å²) in [5.74, 6) is -0.385. The van der Waals surface area contributed by atoms with Gasteiger partial charge in [-0.05, 0) is 55.2 Å². The Morgan fingerprint density at radius 2 is 1.96 bits per heavy atom. The van der Waals surface area contributed by atoms with Crippen LogP contribution in [0.4, 0.5) is 4.39 Å². The molecule has 2 aromatic rings. The molecule has 24 heavy (non-hydrogen) atoms. The maximum absolute atomic E-state index is 13.0. The van der Waals surface area contributed by atoms with E-state index in [4.69, 9.17) is 4.74 Å². The van der Waals surface area contributed by atoms with Crippen molar-refractivity contribution in [2.75, 3.05) is 13.1 Å². The zero-order valence-corrected chi connectivity index (χ0v) is 13.9. The third-order valence-electron chi connectivity index (χ3n) is 4.49. The van der Waals surface area contributed by atoms with Gasteiger partial charge in [-0.15, -0.1) is 0 Å². The fraction of sp³-hybridized carbons (Fsp3) is 0.350. The molecule has 0 aliphatic carbocycles. The van der Waals surface area contributed by atoms with Crippen molar-refractivity contribution in [3.8, 4) is 0 Å². The van der Waals surface area contributed by atoms with Crippen molar-refractivity contribution in [3.05, 3.63) is 71.0 Å². The van der Waals surface area contributed by atoms with Gasteiger partial charge in [-0.3, -0.25) is 4.79 Å². The third-order valence-corrected chi connectivity index (χ3v) is 4.49. The SMILES string of the molecule is Cc1ccccc1COC1CCCN(C(=O)c2ccc(F)cc2)C1. The summed E-state index contributed by atoms with van der Waals surface area (Å²) in [5.41, 5.74) is 2.92. The van der Waals surface area contributed by atoms with Gasteiger partial charge in [0.25, 0.3) is 5.91 Å². The zero-order chi connectivity index (χ0) is 16.9. The molecule has 2 aromatic carbocycles. The molecule has 1 unspecified atom stereocenters. The van der Waals surface area contributed by atoms with Crippen LogP contribution in [0.5, 0.6) is 0 Å². The largest absolute Gasteiger partial charge is 0.372 e. The van der Waals surface area contributed by atoms with Crippen LogP contribution in [0.1, 0.15) is 34.3 Å². The number of piperidine rings is 1. The Kier molecular flexibility index (Phi) is 5.26. The van der Waals surface area contributed by atoms with Crippen LogP contribution in [0.25, 0.3) is 0 Å². The lowest BCUT2D eigenvalue weighted by Crippen LogP contribution is -2.43. The third kappa shape index (κ3) is 4.01. The predicted molar refractivity (Wildman–Crippen MR) is 91.3 cm³/mol. The molecule has 1 amide bonds. The molecule has 0 N–H and O–H groups in total. The minimum absolute atomic E-state index is 0.0442. The highest BCUT2D eigenvalue weighted by Crippen LogP contribution is 2.18. The van der Waals surface area contributed by atoms with Crippen molar-refractivity contribution in [1.82, 2.24) is 4.90 Å². The number of carbonyl (C=O) groups excluding carboxylic acids is 1. The van der Waals surface area contributed by atoms with Crippen molar-refractivity contribution in [2.24, 2.45) is 0 Å².